The summed E-state index contributed by atoms with van der Waals surface area (Å²) in [7, 11) is 3.98. The molecule has 1 amide bonds. The van der Waals surface area contributed by atoms with Crippen LogP contribution in [-0.2, 0) is 11.3 Å². The molecule has 0 bridgehead atoms. The average molecular weight is 478 g/mol. The Kier molecular flexibility index (Phi) is 7.32. The van der Waals surface area contributed by atoms with Crippen LogP contribution in [0.2, 0.25) is 5.02 Å². The van der Waals surface area contributed by atoms with Crippen LogP contribution in [0.25, 0.3) is 11.0 Å². The van der Waals surface area contributed by atoms with Crippen molar-refractivity contribution in [2.75, 3.05) is 24.7 Å². The number of nitrogens with one attached hydrogen (secondary N) is 1. The number of fused-ring (bicyclic) bond motifs is 1. The van der Waals surface area contributed by atoms with E-state index in [1.165, 1.54) is 11.8 Å². The van der Waals surface area contributed by atoms with Gasteiger partial charge >= 0.3 is 0 Å². The van der Waals surface area contributed by atoms with Gasteiger partial charge in [0.2, 0.25) is 0 Å². The van der Waals surface area contributed by atoms with Gasteiger partial charge in [0.1, 0.15) is 0 Å². The van der Waals surface area contributed by atoms with Crippen LogP contribution in [0.15, 0.2) is 83.1 Å². The predicted molar refractivity (Wildman–Crippen MR) is 138 cm³/mol. The molecule has 0 fully saturated rings. The highest BCUT2D eigenvalue weighted by molar-refractivity contribution is 7.99. The lowest BCUT2D eigenvalue weighted by Gasteiger charge is -2.11. The van der Waals surface area contributed by atoms with Gasteiger partial charge in [0.05, 0.1) is 29.5 Å². The van der Waals surface area contributed by atoms with Gasteiger partial charge in [-0.3, -0.25) is 4.79 Å². The number of halogens is 1. The SMILES string of the molecule is CN(C)c1ccc(/C=N/NC(=O)CSc2nc3ccccc3n2Cc2ccc(Cl)cc2)cc1. The van der Waals surface area contributed by atoms with Crippen molar-refractivity contribution in [2.45, 2.75) is 11.7 Å². The van der Waals surface area contributed by atoms with E-state index in [-0.39, 0.29) is 11.7 Å². The zero-order chi connectivity index (χ0) is 23.2. The molecule has 168 valence electrons. The molecule has 0 unspecified atom stereocenters. The van der Waals surface area contributed by atoms with Crippen LogP contribution in [-0.4, -0.2) is 41.5 Å². The normalized spacial score (nSPS) is 11.2. The van der Waals surface area contributed by atoms with Crippen LogP contribution >= 0.6 is 23.4 Å². The Bertz CT molecular complexity index is 1270. The van der Waals surface area contributed by atoms with Crippen molar-refractivity contribution in [3.63, 3.8) is 0 Å². The smallest absolute Gasteiger partial charge is 0.250 e. The quantitative estimate of drug-likeness (QED) is 0.219. The minimum absolute atomic E-state index is 0.189. The fourth-order valence-corrected chi connectivity index (χ4v) is 4.22. The molecule has 0 saturated carbocycles. The van der Waals surface area contributed by atoms with Gasteiger partial charge in [0.15, 0.2) is 5.16 Å². The fraction of sp³-hybridized carbons (Fsp3) is 0.160. The molecule has 0 aliphatic rings. The van der Waals surface area contributed by atoms with E-state index in [1.807, 2.05) is 91.8 Å². The van der Waals surface area contributed by atoms with Gasteiger partial charge in [0.25, 0.3) is 5.91 Å². The van der Waals surface area contributed by atoms with Gasteiger partial charge in [-0.05, 0) is 47.5 Å². The molecule has 1 heterocycles. The second-order valence-electron chi connectivity index (χ2n) is 7.66. The third kappa shape index (κ3) is 5.94. The third-order valence-corrected chi connectivity index (χ3v) is 6.25. The largest absolute Gasteiger partial charge is 0.378 e. The second kappa shape index (κ2) is 10.6. The molecule has 4 rings (SSSR count). The number of hydrazone groups is 1. The number of hydrogen-bond donors (Lipinski definition) is 1. The molecule has 4 aromatic rings. The number of carbonyl (C=O) groups excluding carboxylic acids is 1. The first-order chi connectivity index (χ1) is 16.0. The molecule has 0 radical (unpaired) electrons. The number of thioether (sulfide) groups is 1. The Balaban J connectivity index is 1.41. The number of imidazole rings is 1. The summed E-state index contributed by atoms with van der Waals surface area (Å²) in [5.41, 5.74) is 7.65. The average Bonchev–Trinajstić information content (AvgIpc) is 3.17. The highest BCUT2D eigenvalue weighted by Crippen LogP contribution is 2.25. The van der Waals surface area contributed by atoms with E-state index in [2.05, 4.69) is 15.1 Å². The van der Waals surface area contributed by atoms with Crippen LogP contribution < -0.4 is 10.3 Å². The summed E-state index contributed by atoms with van der Waals surface area (Å²) < 4.78 is 2.12. The van der Waals surface area contributed by atoms with Crippen molar-refractivity contribution in [1.29, 1.82) is 0 Å². The van der Waals surface area contributed by atoms with Crippen LogP contribution in [0.1, 0.15) is 11.1 Å². The van der Waals surface area contributed by atoms with E-state index in [0.29, 0.717) is 11.6 Å². The Morgan fingerprint density at radius 2 is 1.82 bits per heavy atom. The van der Waals surface area contributed by atoms with E-state index in [9.17, 15) is 4.79 Å². The summed E-state index contributed by atoms with van der Waals surface area (Å²) in [6.45, 7) is 0.642. The first kappa shape index (κ1) is 22.9. The van der Waals surface area contributed by atoms with Crippen LogP contribution in [0, 0.1) is 0 Å². The molecule has 0 aliphatic carbocycles. The molecule has 1 aromatic heterocycles. The van der Waals surface area contributed by atoms with Gasteiger partial charge in [0, 0.05) is 24.8 Å². The van der Waals surface area contributed by atoms with Crippen molar-refractivity contribution in [3.05, 3.63) is 88.9 Å². The molecule has 0 spiro atoms. The third-order valence-electron chi connectivity index (χ3n) is 5.02. The molecular formula is C25H24ClN5OS. The van der Waals surface area contributed by atoms with E-state index in [0.717, 1.165) is 33.0 Å². The molecule has 8 heteroatoms. The molecule has 0 aliphatic heterocycles. The van der Waals surface area contributed by atoms with Gasteiger partial charge in [-0.2, -0.15) is 5.10 Å². The fourth-order valence-electron chi connectivity index (χ4n) is 3.29. The Morgan fingerprint density at radius 1 is 1.09 bits per heavy atom. The number of benzene rings is 3. The number of aromatic nitrogens is 2. The van der Waals surface area contributed by atoms with Crippen molar-refractivity contribution >= 4 is 52.2 Å². The summed E-state index contributed by atoms with van der Waals surface area (Å²) in [4.78, 5) is 19.1. The van der Waals surface area contributed by atoms with Gasteiger partial charge in [-0.1, -0.05) is 59.8 Å². The van der Waals surface area contributed by atoms with E-state index >= 15 is 0 Å². The number of rotatable bonds is 8. The van der Waals surface area contributed by atoms with Crippen molar-refractivity contribution in [3.8, 4) is 0 Å². The number of anilines is 1. The molecule has 1 N–H and O–H groups in total. The zero-order valence-electron chi connectivity index (χ0n) is 18.4. The lowest BCUT2D eigenvalue weighted by atomic mass is 10.2. The molecule has 3 aromatic carbocycles. The number of amides is 1. The summed E-state index contributed by atoms with van der Waals surface area (Å²) >= 11 is 7.41. The molecule has 33 heavy (non-hydrogen) atoms. The van der Waals surface area contributed by atoms with Gasteiger partial charge in [-0.15, -0.1) is 0 Å². The molecule has 0 atom stereocenters. The summed E-state index contributed by atoms with van der Waals surface area (Å²) in [5, 5.41) is 5.56. The number of para-hydroxylation sites is 2. The lowest BCUT2D eigenvalue weighted by molar-refractivity contribution is -0.118. The van der Waals surface area contributed by atoms with Crippen molar-refractivity contribution in [2.24, 2.45) is 5.10 Å². The first-order valence-corrected chi connectivity index (χ1v) is 11.8. The molecule has 6 nitrogen and oxygen atoms in total. The zero-order valence-corrected chi connectivity index (χ0v) is 20.0. The van der Waals surface area contributed by atoms with Crippen molar-refractivity contribution < 1.29 is 4.79 Å². The maximum absolute atomic E-state index is 12.4. The summed E-state index contributed by atoms with van der Waals surface area (Å²) in [6, 6.07) is 23.6. The van der Waals surface area contributed by atoms with Crippen LogP contribution in [0.4, 0.5) is 5.69 Å². The van der Waals surface area contributed by atoms with E-state index in [1.54, 1.807) is 6.21 Å². The minimum atomic E-state index is -0.189. The lowest BCUT2D eigenvalue weighted by Crippen LogP contribution is -2.20. The van der Waals surface area contributed by atoms with Gasteiger partial charge < -0.3 is 9.47 Å². The first-order valence-electron chi connectivity index (χ1n) is 10.4. The second-order valence-corrected chi connectivity index (χ2v) is 9.04. The molecule has 0 saturated heterocycles. The molecular weight excluding hydrogens is 454 g/mol. The van der Waals surface area contributed by atoms with E-state index < -0.39 is 0 Å². The maximum Gasteiger partial charge on any atom is 0.250 e. The number of nitrogens with zero attached hydrogens (tertiary/aromatic N) is 4. The summed E-state index contributed by atoms with van der Waals surface area (Å²) in [5.74, 6) is 0.0205. The summed E-state index contributed by atoms with van der Waals surface area (Å²) in [6.07, 6.45) is 1.64. The number of carbonyl (C=O) groups is 1. The Hall–Kier alpha value is -3.29. The standard InChI is InChI=1S/C25H24ClN5OS/c1-30(2)21-13-9-18(10-14-21)15-27-29-24(32)17-33-25-28-22-5-3-4-6-23(22)31(25)16-19-7-11-20(26)12-8-19/h3-15H,16-17H2,1-2H3,(H,29,32)/b27-15+. The van der Waals surface area contributed by atoms with Crippen LogP contribution in [0.5, 0.6) is 0 Å². The van der Waals surface area contributed by atoms with Crippen LogP contribution in [0.3, 0.4) is 0 Å². The monoisotopic (exact) mass is 477 g/mol. The van der Waals surface area contributed by atoms with Gasteiger partial charge in [-0.25, -0.2) is 10.4 Å². The predicted octanol–water partition coefficient (Wildman–Crippen LogP) is 5.05. The number of hydrogen-bond acceptors (Lipinski definition) is 5. The highest BCUT2D eigenvalue weighted by Gasteiger charge is 2.13. The Morgan fingerprint density at radius 3 is 2.55 bits per heavy atom. The van der Waals surface area contributed by atoms with Crippen molar-refractivity contribution in [1.82, 2.24) is 15.0 Å². The highest BCUT2D eigenvalue weighted by atomic mass is 35.5. The van der Waals surface area contributed by atoms with E-state index in [4.69, 9.17) is 16.6 Å². The maximum atomic E-state index is 12.4. The minimum Gasteiger partial charge on any atom is -0.378 e. The Labute approximate surface area is 202 Å². The topological polar surface area (TPSA) is 62.5 Å².